The predicted octanol–water partition coefficient (Wildman–Crippen LogP) is 3.55. The first-order valence-electron chi connectivity index (χ1n) is 6.93. The number of fused-ring (bicyclic) bond motifs is 1. The van der Waals surface area contributed by atoms with E-state index in [0.717, 1.165) is 28.1 Å². The summed E-state index contributed by atoms with van der Waals surface area (Å²) in [7, 11) is 0. The Balaban J connectivity index is 1.64. The topological polar surface area (TPSA) is 59.2 Å². The Morgan fingerprint density at radius 3 is 2.55 bits per heavy atom. The molecule has 5 heteroatoms. The summed E-state index contributed by atoms with van der Waals surface area (Å²) in [4.78, 5) is 18.5. The quantitative estimate of drug-likeness (QED) is 0.787. The van der Waals surface area contributed by atoms with Crippen molar-refractivity contribution in [2.45, 2.75) is 6.54 Å². The SMILES string of the molecule is Nc1nc(-c2ccc(N3Cc4ccccc4C3=O)cc2)cs1. The van der Waals surface area contributed by atoms with E-state index in [2.05, 4.69) is 4.98 Å². The molecule has 4 rings (SSSR count). The maximum absolute atomic E-state index is 12.5. The highest BCUT2D eigenvalue weighted by Crippen LogP contribution is 2.30. The monoisotopic (exact) mass is 307 g/mol. The van der Waals surface area contributed by atoms with Crippen molar-refractivity contribution in [3.8, 4) is 11.3 Å². The van der Waals surface area contributed by atoms with Crippen LogP contribution in [0.3, 0.4) is 0 Å². The smallest absolute Gasteiger partial charge is 0.258 e. The molecule has 0 unspecified atom stereocenters. The van der Waals surface area contributed by atoms with E-state index in [-0.39, 0.29) is 5.91 Å². The lowest BCUT2D eigenvalue weighted by Crippen LogP contribution is -2.22. The molecule has 0 saturated heterocycles. The second-order valence-corrected chi connectivity index (χ2v) is 6.06. The molecule has 4 nitrogen and oxygen atoms in total. The highest BCUT2D eigenvalue weighted by atomic mass is 32.1. The number of carbonyl (C=O) groups is 1. The first kappa shape index (κ1) is 13.0. The highest BCUT2D eigenvalue weighted by Gasteiger charge is 2.27. The minimum Gasteiger partial charge on any atom is -0.375 e. The second kappa shape index (κ2) is 4.96. The molecule has 0 spiro atoms. The molecule has 1 aliphatic heterocycles. The standard InChI is InChI=1S/C17H13N3OS/c18-17-19-15(10-22-17)11-5-7-13(8-6-11)20-9-12-3-1-2-4-14(12)16(20)21/h1-8,10H,9H2,(H2,18,19). The lowest BCUT2D eigenvalue weighted by molar-refractivity contribution is 0.0996. The van der Waals surface area contributed by atoms with Crippen molar-refractivity contribution in [3.63, 3.8) is 0 Å². The van der Waals surface area contributed by atoms with E-state index in [1.165, 1.54) is 11.3 Å². The first-order valence-corrected chi connectivity index (χ1v) is 7.81. The molecule has 0 bridgehead atoms. The van der Waals surface area contributed by atoms with Crippen molar-refractivity contribution in [3.05, 3.63) is 65.0 Å². The zero-order valence-electron chi connectivity index (χ0n) is 11.7. The van der Waals surface area contributed by atoms with Crippen LogP contribution in [0.15, 0.2) is 53.9 Å². The van der Waals surface area contributed by atoms with Gasteiger partial charge in [-0.15, -0.1) is 11.3 Å². The number of amides is 1. The van der Waals surface area contributed by atoms with E-state index in [4.69, 9.17) is 5.73 Å². The molecule has 2 aromatic carbocycles. The van der Waals surface area contributed by atoms with Crippen molar-refractivity contribution in [2.75, 3.05) is 10.6 Å². The Bertz CT molecular complexity index is 854. The van der Waals surface area contributed by atoms with E-state index in [1.54, 1.807) is 4.90 Å². The average Bonchev–Trinajstić information content (AvgIpc) is 3.12. The number of aromatic nitrogens is 1. The van der Waals surface area contributed by atoms with Crippen LogP contribution in [0.5, 0.6) is 0 Å². The number of anilines is 2. The van der Waals surface area contributed by atoms with Crippen LogP contribution in [0.4, 0.5) is 10.8 Å². The van der Waals surface area contributed by atoms with Crippen LogP contribution in [0.25, 0.3) is 11.3 Å². The van der Waals surface area contributed by atoms with Gasteiger partial charge in [0.25, 0.3) is 5.91 Å². The Morgan fingerprint density at radius 1 is 1.09 bits per heavy atom. The van der Waals surface area contributed by atoms with Crippen LogP contribution >= 0.6 is 11.3 Å². The molecule has 0 radical (unpaired) electrons. The van der Waals surface area contributed by atoms with Crippen LogP contribution in [-0.2, 0) is 6.54 Å². The molecule has 1 aliphatic rings. The lowest BCUT2D eigenvalue weighted by Gasteiger charge is -2.16. The van der Waals surface area contributed by atoms with E-state index in [9.17, 15) is 4.79 Å². The predicted molar refractivity (Wildman–Crippen MR) is 88.9 cm³/mol. The fourth-order valence-corrected chi connectivity index (χ4v) is 3.27. The molecular weight excluding hydrogens is 294 g/mol. The maximum Gasteiger partial charge on any atom is 0.258 e. The Kier molecular flexibility index (Phi) is 2.94. The number of nitrogens with zero attached hydrogens (tertiary/aromatic N) is 2. The number of hydrogen-bond acceptors (Lipinski definition) is 4. The van der Waals surface area contributed by atoms with Crippen molar-refractivity contribution >= 4 is 28.1 Å². The fourth-order valence-electron chi connectivity index (χ4n) is 2.70. The Labute approximate surface area is 131 Å². The van der Waals surface area contributed by atoms with Gasteiger partial charge in [0.15, 0.2) is 5.13 Å². The Hall–Kier alpha value is -2.66. The van der Waals surface area contributed by atoms with Gasteiger partial charge >= 0.3 is 0 Å². The summed E-state index contributed by atoms with van der Waals surface area (Å²) in [6.45, 7) is 0.623. The maximum atomic E-state index is 12.5. The van der Waals surface area contributed by atoms with Gasteiger partial charge < -0.3 is 10.6 Å². The number of rotatable bonds is 2. The molecule has 0 atom stereocenters. The molecule has 2 heterocycles. The number of nitrogens with two attached hydrogens (primary N) is 1. The van der Waals surface area contributed by atoms with Gasteiger partial charge in [-0.2, -0.15) is 0 Å². The van der Waals surface area contributed by atoms with Crippen molar-refractivity contribution in [1.29, 1.82) is 0 Å². The number of nitrogen functional groups attached to an aromatic ring is 1. The van der Waals surface area contributed by atoms with E-state index < -0.39 is 0 Å². The van der Waals surface area contributed by atoms with Gasteiger partial charge in [0.05, 0.1) is 12.2 Å². The molecule has 108 valence electrons. The summed E-state index contributed by atoms with van der Waals surface area (Å²) < 4.78 is 0. The van der Waals surface area contributed by atoms with Gasteiger partial charge in [0.2, 0.25) is 0 Å². The van der Waals surface area contributed by atoms with Crippen molar-refractivity contribution in [2.24, 2.45) is 0 Å². The zero-order chi connectivity index (χ0) is 15.1. The molecular formula is C17H13N3OS. The molecule has 0 aliphatic carbocycles. The molecule has 0 fully saturated rings. The largest absolute Gasteiger partial charge is 0.375 e. The summed E-state index contributed by atoms with van der Waals surface area (Å²) in [5, 5.41) is 2.49. The van der Waals surface area contributed by atoms with Gasteiger partial charge in [0, 0.05) is 22.2 Å². The van der Waals surface area contributed by atoms with Crippen molar-refractivity contribution in [1.82, 2.24) is 4.98 Å². The minimum absolute atomic E-state index is 0.0567. The number of benzene rings is 2. The molecule has 3 aromatic rings. The molecule has 22 heavy (non-hydrogen) atoms. The average molecular weight is 307 g/mol. The van der Waals surface area contributed by atoms with Crippen LogP contribution in [0.2, 0.25) is 0 Å². The van der Waals surface area contributed by atoms with Gasteiger partial charge in [-0.05, 0) is 23.8 Å². The third-order valence-corrected chi connectivity index (χ3v) is 4.49. The summed E-state index contributed by atoms with van der Waals surface area (Å²) in [5.74, 6) is 0.0567. The number of thiazole rings is 1. The van der Waals surface area contributed by atoms with Gasteiger partial charge in [0.1, 0.15) is 0 Å². The van der Waals surface area contributed by atoms with Gasteiger partial charge in [-0.25, -0.2) is 4.98 Å². The van der Waals surface area contributed by atoms with Crippen LogP contribution < -0.4 is 10.6 Å². The minimum atomic E-state index is 0.0567. The van der Waals surface area contributed by atoms with Crippen molar-refractivity contribution < 1.29 is 4.79 Å². The molecule has 1 aromatic heterocycles. The zero-order valence-corrected chi connectivity index (χ0v) is 12.5. The second-order valence-electron chi connectivity index (χ2n) is 5.17. The molecule has 1 amide bonds. The summed E-state index contributed by atoms with van der Waals surface area (Å²) in [6, 6.07) is 15.6. The summed E-state index contributed by atoms with van der Waals surface area (Å²) in [6.07, 6.45) is 0. The van der Waals surface area contributed by atoms with E-state index in [1.807, 2.05) is 53.9 Å². The third kappa shape index (κ3) is 2.07. The lowest BCUT2D eigenvalue weighted by atomic mass is 10.1. The third-order valence-electron chi connectivity index (χ3n) is 3.82. The first-order chi connectivity index (χ1) is 10.7. The van der Waals surface area contributed by atoms with E-state index >= 15 is 0 Å². The van der Waals surface area contributed by atoms with Crippen LogP contribution in [0, 0.1) is 0 Å². The van der Waals surface area contributed by atoms with E-state index in [0.29, 0.717) is 11.7 Å². The van der Waals surface area contributed by atoms with Gasteiger partial charge in [-0.1, -0.05) is 30.3 Å². The summed E-state index contributed by atoms with van der Waals surface area (Å²) in [5.41, 5.74) is 10.3. The number of hydrogen-bond donors (Lipinski definition) is 1. The van der Waals surface area contributed by atoms with Gasteiger partial charge in [-0.3, -0.25) is 4.79 Å². The molecule has 2 N–H and O–H groups in total. The highest BCUT2D eigenvalue weighted by molar-refractivity contribution is 7.13. The fraction of sp³-hybridized carbons (Fsp3) is 0.0588. The normalized spacial score (nSPS) is 13.5. The number of carbonyl (C=O) groups excluding carboxylic acids is 1. The van der Waals surface area contributed by atoms with Crippen LogP contribution in [0.1, 0.15) is 15.9 Å². The van der Waals surface area contributed by atoms with Crippen LogP contribution in [-0.4, -0.2) is 10.9 Å². The Morgan fingerprint density at radius 2 is 1.86 bits per heavy atom. The summed E-state index contributed by atoms with van der Waals surface area (Å²) >= 11 is 1.42. The molecule has 0 saturated carbocycles.